The summed E-state index contributed by atoms with van der Waals surface area (Å²) in [5, 5.41) is 2.95. The van der Waals surface area contributed by atoms with Gasteiger partial charge in [0.2, 0.25) is 0 Å². The molecule has 2 aromatic rings. The molecule has 0 spiro atoms. The fraction of sp³-hybridized carbons (Fsp3) is 0.286. The number of hydrogen-bond acceptors (Lipinski definition) is 4. The molecule has 0 fully saturated rings. The van der Waals surface area contributed by atoms with Crippen molar-refractivity contribution < 1.29 is 9.13 Å². The second kappa shape index (κ2) is 5.65. The highest BCUT2D eigenvalue weighted by atomic mass is 19.1. The van der Waals surface area contributed by atoms with Gasteiger partial charge in [-0.3, -0.25) is 0 Å². The number of rotatable bonds is 4. The van der Waals surface area contributed by atoms with Crippen LogP contribution in [0.5, 0.6) is 5.75 Å². The van der Waals surface area contributed by atoms with E-state index in [9.17, 15) is 4.39 Å². The molecule has 0 saturated heterocycles. The lowest BCUT2D eigenvalue weighted by Crippen LogP contribution is -2.06. The number of aryl methyl sites for hydroxylation is 2. The van der Waals surface area contributed by atoms with Crippen LogP contribution < -0.4 is 10.1 Å². The zero-order valence-electron chi connectivity index (χ0n) is 11.2. The van der Waals surface area contributed by atoms with Gasteiger partial charge in [-0.05, 0) is 25.5 Å². The first-order valence-electron chi connectivity index (χ1n) is 6.00. The molecule has 1 aromatic carbocycles. The number of ether oxygens (including phenoxy) is 1. The molecular weight excluding hydrogens is 245 g/mol. The van der Waals surface area contributed by atoms with Gasteiger partial charge in [0.1, 0.15) is 12.4 Å². The second-order valence-corrected chi connectivity index (χ2v) is 4.24. The Morgan fingerprint density at radius 1 is 1.26 bits per heavy atom. The SMILES string of the molecule is CNc1cc(C)nc(COc2cccc(C)c2F)n1. The van der Waals surface area contributed by atoms with Crippen LogP contribution in [0.25, 0.3) is 0 Å². The van der Waals surface area contributed by atoms with Gasteiger partial charge in [0.25, 0.3) is 0 Å². The van der Waals surface area contributed by atoms with Crippen LogP contribution in [0.4, 0.5) is 10.2 Å². The number of nitrogens with zero attached hydrogens (tertiary/aromatic N) is 2. The Morgan fingerprint density at radius 2 is 2.05 bits per heavy atom. The summed E-state index contributed by atoms with van der Waals surface area (Å²) in [6.45, 7) is 3.71. The molecule has 0 amide bonds. The minimum absolute atomic E-state index is 0.136. The summed E-state index contributed by atoms with van der Waals surface area (Å²) in [6.07, 6.45) is 0. The third-order valence-electron chi connectivity index (χ3n) is 2.67. The van der Waals surface area contributed by atoms with E-state index in [1.165, 1.54) is 0 Å². The minimum Gasteiger partial charge on any atom is -0.483 e. The van der Waals surface area contributed by atoms with E-state index >= 15 is 0 Å². The Balaban J connectivity index is 2.14. The molecule has 0 bridgehead atoms. The van der Waals surface area contributed by atoms with Gasteiger partial charge >= 0.3 is 0 Å². The van der Waals surface area contributed by atoms with Gasteiger partial charge in [0, 0.05) is 18.8 Å². The number of benzene rings is 1. The molecule has 0 unspecified atom stereocenters. The predicted molar refractivity (Wildman–Crippen MR) is 71.8 cm³/mol. The standard InChI is InChI=1S/C14H16FN3O/c1-9-5-4-6-11(14(9)15)19-8-13-17-10(2)7-12(16-3)18-13/h4-7H,8H2,1-3H3,(H,16,17,18). The minimum atomic E-state index is -0.344. The van der Waals surface area contributed by atoms with Gasteiger partial charge in [-0.25, -0.2) is 14.4 Å². The lowest BCUT2D eigenvalue weighted by molar-refractivity contribution is 0.280. The van der Waals surface area contributed by atoms with E-state index in [1.54, 1.807) is 32.2 Å². The quantitative estimate of drug-likeness (QED) is 0.919. The Bertz CT molecular complexity index is 587. The van der Waals surface area contributed by atoms with Crippen molar-refractivity contribution in [1.29, 1.82) is 0 Å². The summed E-state index contributed by atoms with van der Waals surface area (Å²) in [6, 6.07) is 6.88. The lowest BCUT2D eigenvalue weighted by atomic mass is 10.2. The van der Waals surface area contributed by atoms with E-state index < -0.39 is 0 Å². The number of aromatic nitrogens is 2. The summed E-state index contributed by atoms with van der Waals surface area (Å²) in [4.78, 5) is 8.50. The number of nitrogens with one attached hydrogen (secondary N) is 1. The molecule has 19 heavy (non-hydrogen) atoms. The first-order valence-corrected chi connectivity index (χ1v) is 6.00. The van der Waals surface area contributed by atoms with Gasteiger partial charge < -0.3 is 10.1 Å². The monoisotopic (exact) mass is 261 g/mol. The number of anilines is 1. The molecule has 4 nitrogen and oxygen atoms in total. The largest absolute Gasteiger partial charge is 0.483 e. The number of halogens is 1. The Morgan fingerprint density at radius 3 is 2.79 bits per heavy atom. The third kappa shape index (κ3) is 3.19. The van der Waals surface area contributed by atoms with Gasteiger partial charge in [0.15, 0.2) is 17.4 Å². The maximum absolute atomic E-state index is 13.8. The van der Waals surface area contributed by atoms with Crippen LogP contribution in [0.15, 0.2) is 24.3 Å². The summed E-state index contributed by atoms with van der Waals surface area (Å²) in [7, 11) is 1.78. The number of hydrogen-bond donors (Lipinski definition) is 1. The van der Waals surface area contributed by atoms with Crippen LogP contribution in [-0.2, 0) is 6.61 Å². The van der Waals surface area contributed by atoms with Crippen molar-refractivity contribution in [2.75, 3.05) is 12.4 Å². The average molecular weight is 261 g/mol. The molecule has 0 aliphatic rings. The molecule has 100 valence electrons. The van der Waals surface area contributed by atoms with Crippen LogP contribution in [0, 0.1) is 19.7 Å². The van der Waals surface area contributed by atoms with Crippen LogP contribution >= 0.6 is 0 Å². The van der Waals surface area contributed by atoms with E-state index in [4.69, 9.17) is 4.74 Å². The molecule has 0 radical (unpaired) electrons. The zero-order chi connectivity index (χ0) is 13.8. The van der Waals surface area contributed by atoms with Crippen molar-refractivity contribution >= 4 is 5.82 Å². The van der Waals surface area contributed by atoms with Crippen LogP contribution in [-0.4, -0.2) is 17.0 Å². The van der Waals surface area contributed by atoms with Crippen molar-refractivity contribution in [1.82, 2.24) is 9.97 Å². The van der Waals surface area contributed by atoms with E-state index in [1.807, 2.05) is 13.0 Å². The van der Waals surface area contributed by atoms with Gasteiger partial charge in [-0.1, -0.05) is 12.1 Å². The molecule has 0 saturated carbocycles. The van der Waals surface area contributed by atoms with Gasteiger partial charge in [0.05, 0.1) is 0 Å². The van der Waals surface area contributed by atoms with E-state index in [-0.39, 0.29) is 18.2 Å². The van der Waals surface area contributed by atoms with Crippen molar-refractivity contribution in [2.24, 2.45) is 0 Å². The third-order valence-corrected chi connectivity index (χ3v) is 2.67. The highest BCUT2D eigenvalue weighted by Crippen LogP contribution is 2.20. The lowest BCUT2D eigenvalue weighted by Gasteiger charge is -2.09. The van der Waals surface area contributed by atoms with Crippen LogP contribution in [0.2, 0.25) is 0 Å². The molecule has 1 N–H and O–H groups in total. The van der Waals surface area contributed by atoms with Crippen LogP contribution in [0.1, 0.15) is 17.1 Å². The van der Waals surface area contributed by atoms with Crippen molar-refractivity contribution in [3.8, 4) is 5.75 Å². The molecule has 2 rings (SSSR count). The Labute approximate surface area is 111 Å². The van der Waals surface area contributed by atoms with E-state index in [2.05, 4.69) is 15.3 Å². The second-order valence-electron chi connectivity index (χ2n) is 4.24. The normalized spacial score (nSPS) is 10.3. The molecule has 0 aliphatic carbocycles. The summed E-state index contributed by atoms with van der Waals surface area (Å²) >= 11 is 0. The first kappa shape index (κ1) is 13.3. The maximum Gasteiger partial charge on any atom is 0.168 e. The van der Waals surface area contributed by atoms with Gasteiger partial charge in [-0.2, -0.15) is 0 Å². The molecule has 1 aromatic heterocycles. The summed E-state index contributed by atoms with van der Waals surface area (Å²) < 4.78 is 19.2. The van der Waals surface area contributed by atoms with E-state index in [0.29, 0.717) is 11.4 Å². The highest BCUT2D eigenvalue weighted by molar-refractivity contribution is 5.35. The zero-order valence-corrected chi connectivity index (χ0v) is 11.2. The maximum atomic E-state index is 13.8. The van der Waals surface area contributed by atoms with Gasteiger partial charge in [-0.15, -0.1) is 0 Å². The fourth-order valence-electron chi connectivity index (χ4n) is 1.70. The molecule has 1 heterocycles. The predicted octanol–water partition coefficient (Wildman–Crippen LogP) is 2.85. The molecule has 0 aliphatic heterocycles. The first-order chi connectivity index (χ1) is 9.10. The van der Waals surface area contributed by atoms with Crippen molar-refractivity contribution in [3.05, 3.63) is 47.2 Å². The van der Waals surface area contributed by atoms with E-state index in [0.717, 1.165) is 11.5 Å². The highest BCUT2D eigenvalue weighted by Gasteiger charge is 2.07. The Hall–Kier alpha value is -2.17. The average Bonchev–Trinajstić information content (AvgIpc) is 2.40. The molecule has 0 atom stereocenters. The molecular formula is C14H16FN3O. The van der Waals surface area contributed by atoms with Crippen molar-refractivity contribution in [3.63, 3.8) is 0 Å². The van der Waals surface area contributed by atoms with Crippen LogP contribution in [0.3, 0.4) is 0 Å². The summed E-state index contributed by atoms with van der Waals surface area (Å²) in [5.41, 5.74) is 1.39. The topological polar surface area (TPSA) is 47.0 Å². The smallest absolute Gasteiger partial charge is 0.168 e. The molecule has 5 heteroatoms. The fourth-order valence-corrected chi connectivity index (χ4v) is 1.70. The Kier molecular flexibility index (Phi) is 3.94. The summed E-state index contributed by atoms with van der Waals surface area (Å²) in [5.74, 6) is 1.11. The van der Waals surface area contributed by atoms with Crippen molar-refractivity contribution in [2.45, 2.75) is 20.5 Å².